The highest BCUT2D eigenvalue weighted by Crippen LogP contribution is 2.27. The van der Waals surface area contributed by atoms with Gasteiger partial charge in [-0.3, -0.25) is 9.59 Å². The second-order valence-electron chi connectivity index (χ2n) is 3.84. The molecule has 0 aromatic rings. The molecule has 5 nitrogen and oxygen atoms in total. The molecule has 1 aliphatic rings. The Kier molecular flexibility index (Phi) is 5.46. The fourth-order valence-electron chi connectivity index (χ4n) is 1.62. The molecule has 0 aliphatic carbocycles. The average molecular weight is 305 g/mol. The van der Waals surface area contributed by atoms with Crippen LogP contribution in [0.3, 0.4) is 0 Å². The van der Waals surface area contributed by atoms with E-state index in [-0.39, 0.29) is 11.4 Å². The van der Waals surface area contributed by atoms with E-state index in [4.69, 9.17) is 22.1 Å². The first-order chi connectivity index (χ1) is 7.90. The predicted molar refractivity (Wildman–Crippen MR) is 63.9 cm³/mol. The van der Waals surface area contributed by atoms with Crippen LogP contribution in [0.1, 0.15) is 20.3 Å². The van der Waals surface area contributed by atoms with Crippen LogP contribution in [0.5, 0.6) is 0 Å². The molecule has 1 rings (SSSR count). The maximum absolute atomic E-state index is 11.0. The maximum atomic E-state index is 11.0. The molecule has 0 aromatic heterocycles. The molecule has 0 amide bonds. The standard InChI is InChI=1S/C10H14BBrO5/c1-5(13)15-4-8-10(16-6(2)14)7(12)3-9(11)17-8/h7-10H,3-4H2,1-2H3. The van der Waals surface area contributed by atoms with Crippen LogP contribution in [-0.4, -0.2) is 49.4 Å². The van der Waals surface area contributed by atoms with Gasteiger partial charge in [0.1, 0.15) is 26.7 Å². The van der Waals surface area contributed by atoms with Crippen LogP contribution >= 0.6 is 15.9 Å². The Morgan fingerprint density at radius 1 is 1.41 bits per heavy atom. The van der Waals surface area contributed by atoms with Crippen molar-refractivity contribution in [3.8, 4) is 0 Å². The third-order valence-corrected chi connectivity index (χ3v) is 3.18. The first-order valence-electron chi connectivity index (χ1n) is 5.26. The summed E-state index contributed by atoms with van der Waals surface area (Å²) in [5, 5.41) is 0. The van der Waals surface area contributed by atoms with Crippen LogP contribution in [0.15, 0.2) is 0 Å². The normalized spacial score (nSPS) is 32.9. The zero-order valence-electron chi connectivity index (χ0n) is 9.72. The average Bonchev–Trinajstić information content (AvgIpc) is 2.18. The van der Waals surface area contributed by atoms with Crippen molar-refractivity contribution >= 4 is 35.7 Å². The number of alkyl halides is 1. The maximum Gasteiger partial charge on any atom is 0.303 e. The monoisotopic (exact) mass is 304 g/mol. The van der Waals surface area contributed by atoms with Crippen molar-refractivity contribution in [1.82, 2.24) is 0 Å². The molecule has 0 bridgehead atoms. The second-order valence-corrected chi connectivity index (χ2v) is 5.02. The molecule has 1 heterocycles. The molecule has 4 unspecified atom stereocenters. The van der Waals surface area contributed by atoms with E-state index in [9.17, 15) is 9.59 Å². The van der Waals surface area contributed by atoms with Gasteiger partial charge in [0.05, 0.1) is 4.83 Å². The summed E-state index contributed by atoms with van der Waals surface area (Å²) in [6, 6.07) is -0.466. The third-order valence-electron chi connectivity index (χ3n) is 2.28. The Balaban J connectivity index is 2.64. The van der Waals surface area contributed by atoms with Crippen LogP contribution in [0.4, 0.5) is 0 Å². The number of rotatable bonds is 3. The summed E-state index contributed by atoms with van der Waals surface area (Å²) < 4.78 is 15.4. The summed E-state index contributed by atoms with van der Waals surface area (Å²) >= 11 is 3.39. The molecule has 4 atom stereocenters. The molecular weight excluding hydrogens is 291 g/mol. The predicted octanol–water partition coefficient (Wildman–Crippen LogP) is 0.528. The largest absolute Gasteiger partial charge is 0.463 e. The van der Waals surface area contributed by atoms with E-state index in [1.54, 1.807) is 0 Å². The Labute approximate surface area is 110 Å². The van der Waals surface area contributed by atoms with E-state index in [1.165, 1.54) is 13.8 Å². The molecule has 7 heteroatoms. The van der Waals surface area contributed by atoms with Crippen LogP contribution in [0.2, 0.25) is 0 Å². The molecular formula is C10H14BBrO5. The Bertz CT molecular complexity index is 298. The number of halogens is 1. The van der Waals surface area contributed by atoms with Crippen LogP contribution in [-0.2, 0) is 23.8 Å². The number of ether oxygens (including phenoxy) is 3. The van der Waals surface area contributed by atoms with E-state index >= 15 is 0 Å². The molecule has 94 valence electrons. The number of carbonyl (C=O) groups excluding carboxylic acids is 2. The molecule has 17 heavy (non-hydrogen) atoms. The minimum absolute atomic E-state index is 0.0169. The van der Waals surface area contributed by atoms with Gasteiger partial charge in [0, 0.05) is 19.9 Å². The highest BCUT2D eigenvalue weighted by molar-refractivity contribution is 9.09. The molecule has 0 aromatic carbocycles. The zero-order chi connectivity index (χ0) is 13.0. The van der Waals surface area contributed by atoms with Crippen LogP contribution in [0.25, 0.3) is 0 Å². The van der Waals surface area contributed by atoms with Crippen molar-refractivity contribution in [2.75, 3.05) is 6.61 Å². The fraction of sp³-hybridized carbons (Fsp3) is 0.800. The quantitative estimate of drug-likeness (QED) is 0.432. The first kappa shape index (κ1) is 14.5. The summed E-state index contributed by atoms with van der Waals surface area (Å²) in [5.41, 5.74) is 0. The van der Waals surface area contributed by atoms with E-state index < -0.39 is 30.1 Å². The Morgan fingerprint density at radius 2 is 2.06 bits per heavy atom. The van der Waals surface area contributed by atoms with Gasteiger partial charge in [0.2, 0.25) is 0 Å². The molecule has 0 saturated carbocycles. The van der Waals surface area contributed by atoms with E-state index in [0.29, 0.717) is 6.42 Å². The third kappa shape index (κ3) is 4.67. The van der Waals surface area contributed by atoms with Gasteiger partial charge in [0.25, 0.3) is 0 Å². The fourth-order valence-corrected chi connectivity index (χ4v) is 2.44. The van der Waals surface area contributed by atoms with Crippen LogP contribution in [0, 0.1) is 0 Å². The summed E-state index contributed by atoms with van der Waals surface area (Å²) in [7, 11) is 5.68. The number of hydrogen-bond acceptors (Lipinski definition) is 5. The van der Waals surface area contributed by atoms with Gasteiger partial charge < -0.3 is 14.2 Å². The molecule has 0 N–H and O–H groups in total. The zero-order valence-corrected chi connectivity index (χ0v) is 11.3. The second kappa shape index (κ2) is 6.40. The molecule has 0 spiro atoms. The highest BCUT2D eigenvalue weighted by Gasteiger charge is 2.38. The van der Waals surface area contributed by atoms with Crippen LogP contribution < -0.4 is 0 Å². The summed E-state index contributed by atoms with van der Waals surface area (Å²) in [6.07, 6.45) is -0.531. The van der Waals surface area contributed by atoms with Crippen molar-refractivity contribution in [3.63, 3.8) is 0 Å². The summed E-state index contributed by atoms with van der Waals surface area (Å²) in [4.78, 5) is 21.6. The summed E-state index contributed by atoms with van der Waals surface area (Å²) in [5.74, 6) is -0.827. The van der Waals surface area contributed by atoms with Crippen molar-refractivity contribution in [3.05, 3.63) is 0 Å². The number of esters is 2. The number of carbonyl (C=O) groups is 2. The summed E-state index contributed by atoms with van der Waals surface area (Å²) in [6.45, 7) is 2.63. The molecule has 2 radical (unpaired) electrons. The van der Waals surface area contributed by atoms with Gasteiger partial charge in [-0.05, 0) is 6.42 Å². The van der Waals surface area contributed by atoms with E-state index in [0.717, 1.165) is 0 Å². The molecule has 1 aliphatic heterocycles. The van der Waals surface area contributed by atoms with Crippen molar-refractivity contribution < 1.29 is 23.8 Å². The Hall–Kier alpha value is -0.555. The first-order valence-corrected chi connectivity index (χ1v) is 6.17. The lowest BCUT2D eigenvalue weighted by atomic mass is 9.89. The minimum atomic E-state index is -0.545. The SMILES string of the molecule is [B]C1CC(Br)C(OC(C)=O)C(COC(C)=O)O1. The van der Waals surface area contributed by atoms with Gasteiger partial charge in [0.15, 0.2) is 0 Å². The smallest absolute Gasteiger partial charge is 0.303 e. The molecule has 1 fully saturated rings. The topological polar surface area (TPSA) is 61.8 Å². The van der Waals surface area contributed by atoms with Crippen molar-refractivity contribution in [2.45, 2.75) is 43.3 Å². The van der Waals surface area contributed by atoms with E-state index in [2.05, 4.69) is 15.9 Å². The van der Waals surface area contributed by atoms with Crippen molar-refractivity contribution in [2.24, 2.45) is 0 Å². The van der Waals surface area contributed by atoms with Gasteiger partial charge >= 0.3 is 11.9 Å². The lowest BCUT2D eigenvalue weighted by molar-refractivity contribution is -0.171. The lowest BCUT2D eigenvalue weighted by Gasteiger charge is -2.37. The highest BCUT2D eigenvalue weighted by atomic mass is 79.9. The number of hydrogen-bond donors (Lipinski definition) is 0. The van der Waals surface area contributed by atoms with Gasteiger partial charge in [-0.25, -0.2) is 0 Å². The lowest BCUT2D eigenvalue weighted by Crippen LogP contribution is -2.50. The van der Waals surface area contributed by atoms with E-state index in [1.807, 2.05) is 0 Å². The van der Waals surface area contributed by atoms with Crippen molar-refractivity contribution in [1.29, 1.82) is 0 Å². The van der Waals surface area contributed by atoms with Gasteiger partial charge in [-0.15, -0.1) is 0 Å². The minimum Gasteiger partial charge on any atom is -0.463 e. The van der Waals surface area contributed by atoms with Gasteiger partial charge in [-0.1, -0.05) is 15.9 Å². The van der Waals surface area contributed by atoms with Gasteiger partial charge in [-0.2, -0.15) is 0 Å². The Morgan fingerprint density at radius 3 is 2.59 bits per heavy atom. The molecule has 1 saturated heterocycles.